The van der Waals surface area contributed by atoms with Crippen LogP contribution in [0.4, 0.5) is 10.5 Å². The van der Waals surface area contributed by atoms with Gasteiger partial charge in [0.05, 0.1) is 10.9 Å². The number of aryl methyl sites for hydroxylation is 2. The van der Waals surface area contributed by atoms with E-state index in [-0.39, 0.29) is 16.7 Å². The van der Waals surface area contributed by atoms with Crippen molar-refractivity contribution in [2.75, 3.05) is 5.32 Å². The molecule has 0 fully saturated rings. The van der Waals surface area contributed by atoms with E-state index >= 15 is 0 Å². The molecule has 0 spiro atoms. The maximum Gasteiger partial charge on any atom is 0.326 e. The number of urea groups is 1. The highest BCUT2D eigenvalue weighted by Crippen LogP contribution is 2.30. The SMILES string of the molecule is CCn1cc(C(=O)NC(=O)Nc2ccc(C)cc2)c(=O)c2cc(O)c3ncccc3c21. The Morgan fingerprint density at radius 1 is 1.13 bits per heavy atom. The molecule has 4 rings (SSSR count). The summed E-state index contributed by atoms with van der Waals surface area (Å²) in [5, 5.41) is 15.9. The lowest BCUT2D eigenvalue weighted by atomic mass is 10.1. The van der Waals surface area contributed by atoms with Gasteiger partial charge in [-0.25, -0.2) is 4.79 Å². The van der Waals surface area contributed by atoms with E-state index in [9.17, 15) is 19.5 Å². The van der Waals surface area contributed by atoms with Crippen molar-refractivity contribution in [3.05, 3.63) is 76.2 Å². The van der Waals surface area contributed by atoms with Crippen molar-refractivity contribution in [1.82, 2.24) is 14.9 Å². The molecule has 0 unspecified atom stereocenters. The van der Waals surface area contributed by atoms with Crippen molar-refractivity contribution in [1.29, 1.82) is 0 Å². The fourth-order valence-corrected chi connectivity index (χ4v) is 3.51. The predicted octanol–water partition coefficient (Wildman–Crippen LogP) is 3.55. The quantitative estimate of drug-likeness (QED) is 0.442. The third-order valence-corrected chi connectivity index (χ3v) is 5.02. The van der Waals surface area contributed by atoms with Gasteiger partial charge in [-0.2, -0.15) is 0 Å². The van der Waals surface area contributed by atoms with Gasteiger partial charge in [0.1, 0.15) is 16.8 Å². The van der Waals surface area contributed by atoms with E-state index in [0.29, 0.717) is 28.7 Å². The lowest BCUT2D eigenvalue weighted by molar-refractivity contribution is 0.0965. The molecule has 3 amide bonds. The number of pyridine rings is 2. The second-order valence-electron chi connectivity index (χ2n) is 7.12. The van der Waals surface area contributed by atoms with Gasteiger partial charge in [-0.05, 0) is 44.2 Å². The number of anilines is 1. The Balaban J connectivity index is 1.73. The lowest BCUT2D eigenvalue weighted by Crippen LogP contribution is -2.37. The van der Waals surface area contributed by atoms with E-state index in [1.54, 1.807) is 35.0 Å². The van der Waals surface area contributed by atoms with Crippen LogP contribution in [0.2, 0.25) is 0 Å². The largest absolute Gasteiger partial charge is 0.506 e. The number of imide groups is 1. The molecule has 31 heavy (non-hydrogen) atoms. The Morgan fingerprint density at radius 3 is 2.58 bits per heavy atom. The molecule has 0 saturated carbocycles. The number of hydrogen-bond acceptors (Lipinski definition) is 5. The van der Waals surface area contributed by atoms with E-state index in [0.717, 1.165) is 5.56 Å². The molecule has 0 bridgehead atoms. The number of hydrogen-bond donors (Lipinski definition) is 3. The maximum atomic E-state index is 13.1. The van der Waals surface area contributed by atoms with Crippen LogP contribution >= 0.6 is 0 Å². The van der Waals surface area contributed by atoms with Crippen LogP contribution in [0.1, 0.15) is 22.8 Å². The summed E-state index contributed by atoms with van der Waals surface area (Å²) in [4.78, 5) is 42.2. The fraction of sp³-hybridized carbons (Fsp3) is 0.130. The first-order valence-electron chi connectivity index (χ1n) is 9.72. The maximum absolute atomic E-state index is 13.1. The molecular weight excluding hydrogens is 396 g/mol. The first kappa shape index (κ1) is 20.1. The first-order chi connectivity index (χ1) is 14.9. The van der Waals surface area contributed by atoms with Gasteiger partial charge in [-0.1, -0.05) is 17.7 Å². The second kappa shape index (κ2) is 7.91. The van der Waals surface area contributed by atoms with Crippen LogP contribution in [-0.4, -0.2) is 26.6 Å². The van der Waals surface area contributed by atoms with Gasteiger partial charge in [0.25, 0.3) is 5.91 Å². The van der Waals surface area contributed by atoms with Crippen LogP contribution in [0.3, 0.4) is 0 Å². The molecule has 8 heteroatoms. The van der Waals surface area contributed by atoms with Crippen molar-refractivity contribution >= 4 is 39.4 Å². The number of nitrogens with one attached hydrogen (secondary N) is 2. The molecule has 0 aliphatic carbocycles. The van der Waals surface area contributed by atoms with Crippen molar-refractivity contribution in [2.24, 2.45) is 0 Å². The average molecular weight is 416 g/mol. The molecular formula is C23H20N4O4. The number of benzene rings is 2. The highest BCUT2D eigenvalue weighted by Gasteiger charge is 2.20. The minimum atomic E-state index is -0.829. The van der Waals surface area contributed by atoms with E-state index in [2.05, 4.69) is 15.6 Å². The van der Waals surface area contributed by atoms with Gasteiger partial charge in [-0.3, -0.25) is 19.9 Å². The van der Waals surface area contributed by atoms with Gasteiger partial charge < -0.3 is 15.0 Å². The zero-order valence-electron chi connectivity index (χ0n) is 17.0. The van der Waals surface area contributed by atoms with Crippen molar-refractivity contribution in [3.8, 4) is 5.75 Å². The number of rotatable bonds is 3. The van der Waals surface area contributed by atoms with E-state index in [1.165, 1.54) is 12.3 Å². The van der Waals surface area contributed by atoms with Crippen LogP contribution in [0.15, 0.2) is 59.7 Å². The van der Waals surface area contributed by atoms with Crippen LogP contribution in [0.25, 0.3) is 21.8 Å². The molecule has 2 aromatic carbocycles. The number of fused-ring (bicyclic) bond motifs is 3. The fourth-order valence-electron chi connectivity index (χ4n) is 3.51. The number of carbonyl (C=O) groups is 2. The Kier molecular flexibility index (Phi) is 5.12. The predicted molar refractivity (Wildman–Crippen MR) is 119 cm³/mol. The van der Waals surface area contributed by atoms with Gasteiger partial charge >= 0.3 is 6.03 Å². The summed E-state index contributed by atoms with van der Waals surface area (Å²) in [7, 11) is 0. The molecule has 2 aromatic heterocycles. The molecule has 156 valence electrons. The molecule has 4 aromatic rings. The Hall–Kier alpha value is -4.20. The zero-order valence-corrected chi connectivity index (χ0v) is 17.0. The summed E-state index contributed by atoms with van der Waals surface area (Å²) in [6.45, 7) is 4.25. The topological polar surface area (TPSA) is 113 Å². The highest BCUT2D eigenvalue weighted by molar-refractivity contribution is 6.11. The van der Waals surface area contributed by atoms with Crippen LogP contribution in [0.5, 0.6) is 5.75 Å². The number of aromatic hydroxyl groups is 1. The monoisotopic (exact) mass is 416 g/mol. The Morgan fingerprint density at radius 2 is 1.87 bits per heavy atom. The minimum Gasteiger partial charge on any atom is -0.506 e. The summed E-state index contributed by atoms with van der Waals surface area (Å²) in [5.74, 6) is -0.984. The van der Waals surface area contributed by atoms with Crippen LogP contribution in [0, 0.1) is 6.92 Å². The highest BCUT2D eigenvalue weighted by atomic mass is 16.3. The molecule has 0 radical (unpaired) electrons. The van der Waals surface area contributed by atoms with E-state index < -0.39 is 17.4 Å². The van der Waals surface area contributed by atoms with Crippen LogP contribution in [-0.2, 0) is 6.54 Å². The molecule has 0 aliphatic rings. The average Bonchev–Trinajstić information content (AvgIpc) is 2.76. The summed E-state index contributed by atoms with van der Waals surface area (Å²) in [5.41, 5.74) is 1.70. The first-order valence-corrected chi connectivity index (χ1v) is 9.72. The van der Waals surface area contributed by atoms with Crippen molar-refractivity contribution < 1.29 is 14.7 Å². The zero-order chi connectivity index (χ0) is 22.1. The van der Waals surface area contributed by atoms with E-state index in [4.69, 9.17) is 0 Å². The van der Waals surface area contributed by atoms with Gasteiger partial charge in [0, 0.05) is 30.0 Å². The Bertz CT molecular complexity index is 1390. The Labute approximate surface area is 177 Å². The minimum absolute atomic E-state index is 0.155. The molecule has 3 N–H and O–H groups in total. The molecule has 8 nitrogen and oxygen atoms in total. The third-order valence-electron chi connectivity index (χ3n) is 5.02. The molecule has 0 aliphatic heterocycles. The van der Waals surface area contributed by atoms with Crippen molar-refractivity contribution in [2.45, 2.75) is 20.4 Å². The molecule has 0 atom stereocenters. The summed E-state index contributed by atoms with van der Waals surface area (Å²) < 4.78 is 1.73. The summed E-state index contributed by atoms with van der Waals surface area (Å²) in [6.07, 6.45) is 2.97. The molecule has 2 heterocycles. The standard InChI is InChI=1S/C23H20N4O4/c1-3-27-12-17(22(30)26-23(31)25-14-8-6-13(2)7-9-14)21(29)16-11-18(28)19-15(20(16)27)5-4-10-24-19/h4-12,28H,3H2,1-2H3,(H2,25,26,30,31). The number of nitrogens with zero attached hydrogens (tertiary/aromatic N) is 2. The van der Waals surface area contributed by atoms with E-state index in [1.807, 2.05) is 26.0 Å². The normalized spacial score (nSPS) is 10.9. The number of carbonyl (C=O) groups excluding carboxylic acids is 2. The summed E-state index contributed by atoms with van der Waals surface area (Å²) in [6, 6.07) is 11.1. The number of aromatic nitrogens is 2. The van der Waals surface area contributed by atoms with Gasteiger partial charge in [0.2, 0.25) is 5.43 Å². The lowest BCUT2D eigenvalue weighted by Gasteiger charge is -2.14. The second-order valence-corrected chi connectivity index (χ2v) is 7.12. The number of phenolic OH excluding ortho intramolecular Hbond substituents is 1. The van der Waals surface area contributed by atoms with Gasteiger partial charge in [-0.15, -0.1) is 0 Å². The van der Waals surface area contributed by atoms with Gasteiger partial charge in [0.15, 0.2) is 0 Å². The van der Waals surface area contributed by atoms with Crippen LogP contribution < -0.4 is 16.1 Å². The van der Waals surface area contributed by atoms with Crippen molar-refractivity contribution in [3.63, 3.8) is 0 Å². The summed E-state index contributed by atoms with van der Waals surface area (Å²) >= 11 is 0. The molecule has 0 saturated heterocycles. The third kappa shape index (κ3) is 3.71. The smallest absolute Gasteiger partial charge is 0.326 e. The number of amides is 3. The number of phenols is 1.